The molecule has 4 N–H and O–H groups in total. The SMILES string of the molecule is C=C[C@H]1C[C@]1(NC(=O)[C@@H]1C[C@@H]2CN1C(=O)[C@H](C(C)(C)C)NC(=O)O[C@@H]1C[C@H]1CCCCCc1c(nc3cc(C)ccc3c1OCCCNC1CC1)O2)C(=O)NS(=O)(=O)C1(C)CC1. The number of pyridine rings is 1. The van der Waals surface area contributed by atoms with Crippen molar-refractivity contribution < 1.29 is 41.8 Å². The van der Waals surface area contributed by atoms with Crippen molar-refractivity contribution in [3.05, 3.63) is 42.0 Å². The van der Waals surface area contributed by atoms with Gasteiger partial charge in [0.15, 0.2) is 0 Å². The molecular weight excluding hydrogens is 813 g/mol. The van der Waals surface area contributed by atoms with E-state index in [-0.39, 0.29) is 31.4 Å². The molecule has 338 valence electrons. The molecule has 4 saturated carbocycles. The number of fused-ring (bicyclic) bond motifs is 5. The van der Waals surface area contributed by atoms with E-state index in [1.807, 2.05) is 45.9 Å². The van der Waals surface area contributed by atoms with Crippen LogP contribution in [0.2, 0.25) is 0 Å². The maximum absolute atomic E-state index is 14.9. The standard InChI is InChI=1S/C46H64N6O9S/c1-7-29-25-46(29,42(55)51-62(57,58)45(6)18-19-45)50-39(53)35-24-31-26-52(35)41(54)38(44(3,4)5)49-43(56)61-36-23-28(36)12-9-8-10-13-33-37(59-21-11-20-47-30-15-16-30)32-17-14-27(2)22-34(32)48-40(33)60-31/h7,14,17,22,28-31,35-36,38,47H,1,8-13,15-16,18-21,23-26H2,2-6H3,(H,49,56)(H,50,53)(H,51,55)/t28-,29+,31-,35+,36-,38-,46-/m1/s1. The van der Waals surface area contributed by atoms with Crippen LogP contribution in [0.5, 0.6) is 11.6 Å². The van der Waals surface area contributed by atoms with E-state index in [2.05, 4.69) is 27.3 Å². The number of sulfonamides is 1. The first-order valence-electron chi connectivity index (χ1n) is 22.7. The highest BCUT2D eigenvalue weighted by atomic mass is 32.2. The van der Waals surface area contributed by atoms with E-state index < -0.39 is 73.6 Å². The Kier molecular flexibility index (Phi) is 12.1. The van der Waals surface area contributed by atoms with Gasteiger partial charge in [0.25, 0.3) is 5.91 Å². The van der Waals surface area contributed by atoms with E-state index >= 15 is 0 Å². The highest BCUT2D eigenvalue weighted by Crippen LogP contribution is 2.47. The van der Waals surface area contributed by atoms with Crippen molar-refractivity contribution in [2.75, 3.05) is 19.7 Å². The van der Waals surface area contributed by atoms with E-state index in [4.69, 9.17) is 19.2 Å². The van der Waals surface area contributed by atoms with E-state index in [1.165, 1.54) is 23.8 Å². The zero-order chi connectivity index (χ0) is 44.2. The molecule has 3 heterocycles. The lowest BCUT2D eigenvalue weighted by molar-refractivity contribution is -0.142. The molecule has 7 atom stereocenters. The number of carbonyl (C=O) groups is 4. The highest BCUT2D eigenvalue weighted by Gasteiger charge is 2.63. The number of hydrogen-bond acceptors (Lipinski definition) is 11. The first kappa shape index (κ1) is 44.2. The van der Waals surface area contributed by atoms with Crippen molar-refractivity contribution in [3.63, 3.8) is 0 Å². The van der Waals surface area contributed by atoms with Crippen molar-refractivity contribution in [3.8, 4) is 11.6 Å². The van der Waals surface area contributed by atoms with Gasteiger partial charge in [0.2, 0.25) is 27.7 Å². The Bertz CT molecular complexity index is 2220. The third-order valence-corrected chi connectivity index (χ3v) is 15.9. The van der Waals surface area contributed by atoms with Gasteiger partial charge in [-0.2, -0.15) is 0 Å². The normalized spacial score (nSPS) is 29.7. The van der Waals surface area contributed by atoms with Crippen LogP contribution in [0.1, 0.15) is 116 Å². The minimum absolute atomic E-state index is 0.0300. The fraction of sp³-hybridized carbons (Fsp3) is 0.674. The number of rotatable bonds is 12. The predicted octanol–water partition coefficient (Wildman–Crippen LogP) is 5.12. The molecule has 0 spiro atoms. The fourth-order valence-corrected chi connectivity index (χ4v) is 10.3. The molecule has 6 aliphatic rings. The third-order valence-electron chi connectivity index (χ3n) is 13.7. The van der Waals surface area contributed by atoms with Gasteiger partial charge in [0.1, 0.15) is 35.6 Å². The smallest absolute Gasteiger partial charge is 0.408 e. The predicted molar refractivity (Wildman–Crippen MR) is 233 cm³/mol. The number of nitrogens with zero attached hydrogens (tertiary/aromatic N) is 2. The fourth-order valence-electron chi connectivity index (χ4n) is 8.99. The summed E-state index contributed by atoms with van der Waals surface area (Å²) in [7, 11) is -4.01. The number of aromatic nitrogens is 1. The maximum Gasteiger partial charge on any atom is 0.408 e. The minimum atomic E-state index is -4.01. The Balaban J connectivity index is 1.13. The summed E-state index contributed by atoms with van der Waals surface area (Å²) in [4.78, 5) is 63.2. The largest absolute Gasteiger partial charge is 0.492 e. The van der Waals surface area contributed by atoms with Crippen LogP contribution in [0, 0.1) is 24.2 Å². The van der Waals surface area contributed by atoms with Gasteiger partial charge in [-0.05, 0) is 114 Å². The Labute approximate surface area is 365 Å². The molecule has 4 aliphatic carbocycles. The van der Waals surface area contributed by atoms with Crippen LogP contribution >= 0.6 is 0 Å². The molecular formula is C46H64N6O9S. The van der Waals surface area contributed by atoms with Gasteiger partial charge in [-0.25, -0.2) is 18.2 Å². The van der Waals surface area contributed by atoms with Gasteiger partial charge in [-0.3, -0.25) is 19.1 Å². The Morgan fingerprint density at radius 3 is 2.56 bits per heavy atom. The van der Waals surface area contributed by atoms with Crippen LogP contribution in [0.4, 0.5) is 4.79 Å². The van der Waals surface area contributed by atoms with Crippen molar-refractivity contribution in [2.45, 2.75) is 159 Å². The van der Waals surface area contributed by atoms with Crippen LogP contribution in [-0.4, -0.2) is 102 Å². The van der Waals surface area contributed by atoms with Crippen LogP contribution in [0.3, 0.4) is 0 Å². The molecule has 2 bridgehead atoms. The lowest BCUT2D eigenvalue weighted by Gasteiger charge is -2.35. The quantitative estimate of drug-likeness (QED) is 0.163. The zero-order valence-electron chi connectivity index (χ0n) is 36.8. The van der Waals surface area contributed by atoms with Crippen LogP contribution < -0.4 is 30.1 Å². The first-order chi connectivity index (χ1) is 29.4. The van der Waals surface area contributed by atoms with Gasteiger partial charge < -0.3 is 35.1 Å². The summed E-state index contributed by atoms with van der Waals surface area (Å²) < 4.78 is 46.9. The number of hydrogen-bond donors (Lipinski definition) is 4. The van der Waals surface area contributed by atoms with Crippen molar-refractivity contribution >= 4 is 44.7 Å². The topological polar surface area (TPSA) is 194 Å². The maximum atomic E-state index is 14.9. The first-order valence-corrected chi connectivity index (χ1v) is 24.1. The molecule has 0 unspecified atom stereocenters. The number of ether oxygens (including phenoxy) is 3. The molecule has 1 aromatic carbocycles. The summed E-state index contributed by atoms with van der Waals surface area (Å²) in [6.45, 7) is 14.2. The molecule has 1 aromatic heterocycles. The number of carbonyl (C=O) groups excluding carboxylic acids is 4. The molecule has 62 heavy (non-hydrogen) atoms. The summed E-state index contributed by atoms with van der Waals surface area (Å²) in [6.07, 6.45) is 9.20. The van der Waals surface area contributed by atoms with Gasteiger partial charge in [-0.15, -0.1) is 6.58 Å². The molecule has 15 nitrogen and oxygen atoms in total. The van der Waals surface area contributed by atoms with Gasteiger partial charge in [0.05, 0.1) is 29.0 Å². The second-order valence-electron chi connectivity index (χ2n) is 20.0. The zero-order valence-corrected chi connectivity index (χ0v) is 37.7. The Morgan fingerprint density at radius 1 is 1.10 bits per heavy atom. The van der Waals surface area contributed by atoms with Crippen LogP contribution in [-0.2, 0) is 35.6 Å². The number of alkyl carbamates (subject to hydrolysis) is 1. The molecule has 2 aliphatic heterocycles. The molecule has 16 heteroatoms. The minimum Gasteiger partial charge on any atom is -0.492 e. The second kappa shape index (κ2) is 16.9. The van der Waals surface area contributed by atoms with Crippen LogP contribution in [0.15, 0.2) is 30.9 Å². The number of aryl methyl sites for hydroxylation is 1. The Morgan fingerprint density at radius 2 is 1.87 bits per heavy atom. The molecule has 5 fully saturated rings. The highest BCUT2D eigenvalue weighted by molar-refractivity contribution is 7.91. The molecule has 4 amide bonds. The molecule has 8 rings (SSSR count). The second-order valence-corrected chi connectivity index (χ2v) is 22.2. The third kappa shape index (κ3) is 9.41. The van der Waals surface area contributed by atoms with E-state index in [9.17, 15) is 27.6 Å². The number of benzene rings is 1. The van der Waals surface area contributed by atoms with Crippen molar-refractivity contribution in [1.82, 2.24) is 30.6 Å². The van der Waals surface area contributed by atoms with E-state index in [0.717, 1.165) is 67.3 Å². The summed E-state index contributed by atoms with van der Waals surface area (Å²) in [5.41, 5.74) is 0.189. The monoisotopic (exact) mass is 876 g/mol. The molecule has 2 aromatic rings. The summed E-state index contributed by atoms with van der Waals surface area (Å²) >= 11 is 0. The lowest BCUT2D eigenvalue weighted by Crippen LogP contribution is -2.60. The van der Waals surface area contributed by atoms with Crippen LogP contribution in [0.25, 0.3) is 10.9 Å². The van der Waals surface area contributed by atoms with Gasteiger partial charge in [-0.1, -0.05) is 45.8 Å². The van der Waals surface area contributed by atoms with Crippen molar-refractivity contribution in [2.24, 2.45) is 17.3 Å². The van der Waals surface area contributed by atoms with Gasteiger partial charge in [0, 0.05) is 23.8 Å². The molecule has 0 radical (unpaired) electrons. The van der Waals surface area contributed by atoms with Gasteiger partial charge >= 0.3 is 6.09 Å². The molecule has 1 saturated heterocycles. The summed E-state index contributed by atoms with van der Waals surface area (Å²) in [5, 5.41) is 10.2. The summed E-state index contributed by atoms with van der Waals surface area (Å²) in [6, 6.07) is 4.45. The van der Waals surface area contributed by atoms with Crippen molar-refractivity contribution in [1.29, 1.82) is 0 Å². The Hall–Kier alpha value is -4.44. The number of amides is 4. The average molecular weight is 877 g/mol. The van der Waals surface area contributed by atoms with E-state index in [1.54, 1.807) is 6.92 Å². The number of nitrogens with one attached hydrogen (secondary N) is 4. The average Bonchev–Trinajstić information content (AvgIpc) is 4.04. The van der Waals surface area contributed by atoms with E-state index in [0.29, 0.717) is 43.3 Å². The summed E-state index contributed by atoms with van der Waals surface area (Å²) in [5.74, 6) is -1.17. The lowest BCUT2D eigenvalue weighted by atomic mass is 9.85.